The van der Waals surface area contributed by atoms with Crippen molar-refractivity contribution in [1.29, 1.82) is 0 Å². The predicted molar refractivity (Wildman–Crippen MR) is 58.3 cm³/mol. The molecule has 1 aromatic heterocycles. The van der Waals surface area contributed by atoms with Gasteiger partial charge >= 0.3 is 0 Å². The average molecular weight is 194 g/mol. The Morgan fingerprint density at radius 3 is 2.71 bits per heavy atom. The lowest BCUT2D eigenvalue weighted by Gasteiger charge is -2.27. The van der Waals surface area contributed by atoms with Gasteiger partial charge in [-0.05, 0) is 26.8 Å². The summed E-state index contributed by atoms with van der Waals surface area (Å²) in [5, 5.41) is 0. The molecule has 78 valence electrons. The van der Waals surface area contributed by atoms with Crippen LogP contribution in [0.5, 0.6) is 0 Å². The summed E-state index contributed by atoms with van der Waals surface area (Å²) in [7, 11) is 0. The zero-order chi connectivity index (χ0) is 10.6. The van der Waals surface area contributed by atoms with Gasteiger partial charge in [0.2, 0.25) is 0 Å². The predicted octanol–water partition coefficient (Wildman–Crippen LogP) is 0.959. The fourth-order valence-electron chi connectivity index (χ4n) is 1.38. The van der Waals surface area contributed by atoms with Crippen LogP contribution >= 0.6 is 0 Å². The standard InChI is InChI=1S/C10H18N4/c1-8(2)14(7-5-11)10-4-6-12-9(3)13-10/h4,6,8H,5,7,11H2,1-3H3. The van der Waals surface area contributed by atoms with Gasteiger partial charge in [-0.25, -0.2) is 9.97 Å². The van der Waals surface area contributed by atoms with E-state index in [2.05, 4.69) is 28.7 Å². The quantitative estimate of drug-likeness (QED) is 0.775. The Morgan fingerprint density at radius 1 is 1.50 bits per heavy atom. The lowest BCUT2D eigenvalue weighted by molar-refractivity contribution is 0.672. The number of hydrogen-bond donors (Lipinski definition) is 1. The molecule has 0 aliphatic rings. The molecule has 0 unspecified atom stereocenters. The molecule has 0 aliphatic heterocycles. The van der Waals surface area contributed by atoms with Gasteiger partial charge in [-0.2, -0.15) is 0 Å². The van der Waals surface area contributed by atoms with Crippen LogP contribution in [0.2, 0.25) is 0 Å². The molecule has 1 rings (SSSR count). The highest BCUT2D eigenvalue weighted by atomic mass is 15.2. The molecule has 1 aromatic rings. The van der Waals surface area contributed by atoms with Crippen molar-refractivity contribution in [2.24, 2.45) is 5.73 Å². The molecule has 0 amide bonds. The van der Waals surface area contributed by atoms with Gasteiger partial charge in [-0.3, -0.25) is 0 Å². The summed E-state index contributed by atoms with van der Waals surface area (Å²) in [5.41, 5.74) is 5.56. The minimum absolute atomic E-state index is 0.410. The van der Waals surface area contributed by atoms with Gasteiger partial charge in [0.15, 0.2) is 0 Å². The van der Waals surface area contributed by atoms with Gasteiger partial charge in [0, 0.05) is 25.3 Å². The molecule has 2 N–H and O–H groups in total. The SMILES string of the molecule is Cc1nccc(N(CCN)C(C)C)n1. The molecule has 1 heterocycles. The van der Waals surface area contributed by atoms with Crippen LogP contribution in [0.1, 0.15) is 19.7 Å². The van der Waals surface area contributed by atoms with Crippen molar-refractivity contribution in [3.63, 3.8) is 0 Å². The maximum atomic E-state index is 5.56. The molecule has 0 aromatic carbocycles. The summed E-state index contributed by atoms with van der Waals surface area (Å²) in [5.74, 6) is 1.75. The third kappa shape index (κ3) is 2.67. The molecule has 4 heteroatoms. The summed E-state index contributed by atoms with van der Waals surface area (Å²) in [6.07, 6.45) is 1.78. The van der Waals surface area contributed by atoms with E-state index in [1.54, 1.807) is 6.20 Å². The Labute approximate surface area is 85.2 Å². The van der Waals surface area contributed by atoms with Crippen molar-refractivity contribution >= 4 is 5.82 Å². The normalized spacial score (nSPS) is 10.6. The second-order valence-electron chi connectivity index (χ2n) is 3.54. The lowest BCUT2D eigenvalue weighted by atomic mass is 10.3. The first-order valence-electron chi connectivity index (χ1n) is 4.91. The average Bonchev–Trinajstić information content (AvgIpc) is 2.13. The number of aryl methyl sites for hydroxylation is 1. The Balaban J connectivity index is 2.87. The van der Waals surface area contributed by atoms with Crippen LogP contribution in [-0.4, -0.2) is 29.1 Å². The number of rotatable bonds is 4. The van der Waals surface area contributed by atoms with E-state index in [-0.39, 0.29) is 0 Å². The molecule has 4 nitrogen and oxygen atoms in total. The zero-order valence-electron chi connectivity index (χ0n) is 9.07. The Morgan fingerprint density at radius 2 is 2.21 bits per heavy atom. The highest BCUT2D eigenvalue weighted by Gasteiger charge is 2.10. The first-order chi connectivity index (χ1) is 6.65. The second kappa shape index (κ2) is 4.91. The number of aromatic nitrogens is 2. The largest absolute Gasteiger partial charge is 0.353 e. The van der Waals surface area contributed by atoms with E-state index in [1.165, 1.54) is 0 Å². The summed E-state index contributed by atoms with van der Waals surface area (Å²) in [6.45, 7) is 7.63. The molecular formula is C10H18N4. The van der Waals surface area contributed by atoms with E-state index in [9.17, 15) is 0 Å². The van der Waals surface area contributed by atoms with Gasteiger partial charge in [0.1, 0.15) is 11.6 Å². The summed E-state index contributed by atoms with van der Waals surface area (Å²) in [4.78, 5) is 10.6. The van der Waals surface area contributed by atoms with Gasteiger partial charge in [0.25, 0.3) is 0 Å². The van der Waals surface area contributed by atoms with Crippen molar-refractivity contribution in [2.45, 2.75) is 26.8 Å². The monoisotopic (exact) mass is 194 g/mol. The highest BCUT2D eigenvalue weighted by molar-refractivity contribution is 5.38. The van der Waals surface area contributed by atoms with Crippen molar-refractivity contribution in [3.05, 3.63) is 18.1 Å². The number of nitrogens with zero attached hydrogens (tertiary/aromatic N) is 3. The van der Waals surface area contributed by atoms with Gasteiger partial charge in [-0.1, -0.05) is 0 Å². The summed E-state index contributed by atoms with van der Waals surface area (Å²) in [6, 6.07) is 2.33. The van der Waals surface area contributed by atoms with Crippen molar-refractivity contribution < 1.29 is 0 Å². The molecule has 0 saturated heterocycles. The number of hydrogen-bond acceptors (Lipinski definition) is 4. The molecule has 0 atom stereocenters. The molecular weight excluding hydrogens is 176 g/mol. The maximum absolute atomic E-state index is 5.56. The Bertz CT molecular complexity index is 285. The van der Waals surface area contributed by atoms with Crippen molar-refractivity contribution in [1.82, 2.24) is 9.97 Å². The van der Waals surface area contributed by atoms with E-state index in [4.69, 9.17) is 5.73 Å². The van der Waals surface area contributed by atoms with Gasteiger partial charge < -0.3 is 10.6 Å². The maximum Gasteiger partial charge on any atom is 0.132 e. The number of nitrogens with two attached hydrogens (primary N) is 1. The fourth-order valence-corrected chi connectivity index (χ4v) is 1.38. The second-order valence-corrected chi connectivity index (χ2v) is 3.54. The molecule has 0 fully saturated rings. The van der Waals surface area contributed by atoms with Crippen molar-refractivity contribution in [3.8, 4) is 0 Å². The van der Waals surface area contributed by atoms with Crippen LogP contribution in [0.3, 0.4) is 0 Å². The third-order valence-corrected chi connectivity index (χ3v) is 2.05. The van der Waals surface area contributed by atoms with Crippen LogP contribution in [0.4, 0.5) is 5.82 Å². The topological polar surface area (TPSA) is 55.0 Å². The molecule has 0 radical (unpaired) electrons. The lowest BCUT2D eigenvalue weighted by Crippen LogP contribution is -2.36. The van der Waals surface area contributed by atoms with E-state index in [0.29, 0.717) is 12.6 Å². The Kier molecular flexibility index (Phi) is 3.83. The van der Waals surface area contributed by atoms with Crippen LogP contribution in [-0.2, 0) is 0 Å². The first kappa shape index (κ1) is 10.9. The van der Waals surface area contributed by atoms with Crippen molar-refractivity contribution in [2.75, 3.05) is 18.0 Å². The number of anilines is 1. The van der Waals surface area contributed by atoms with Crippen LogP contribution in [0.15, 0.2) is 12.3 Å². The minimum Gasteiger partial charge on any atom is -0.353 e. The smallest absolute Gasteiger partial charge is 0.132 e. The summed E-state index contributed by atoms with van der Waals surface area (Å²) < 4.78 is 0. The van der Waals surface area contributed by atoms with Gasteiger partial charge in [-0.15, -0.1) is 0 Å². The van der Waals surface area contributed by atoms with Crippen LogP contribution in [0.25, 0.3) is 0 Å². The summed E-state index contributed by atoms with van der Waals surface area (Å²) >= 11 is 0. The third-order valence-electron chi connectivity index (χ3n) is 2.05. The van der Waals surface area contributed by atoms with Crippen LogP contribution in [0, 0.1) is 6.92 Å². The van der Waals surface area contributed by atoms with E-state index >= 15 is 0 Å². The fraction of sp³-hybridized carbons (Fsp3) is 0.600. The molecule has 14 heavy (non-hydrogen) atoms. The van der Waals surface area contributed by atoms with E-state index in [1.807, 2.05) is 13.0 Å². The molecule has 0 bridgehead atoms. The minimum atomic E-state index is 0.410. The zero-order valence-corrected chi connectivity index (χ0v) is 9.07. The van der Waals surface area contributed by atoms with E-state index in [0.717, 1.165) is 18.2 Å². The molecule has 0 spiro atoms. The Hall–Kier alpha value is -1.16. The molecule has 0 aliphatic carbocycles. The van der Waals surface area contributed by atoms with Crippen LogP contribution < -0.4 is 10.6 Å². The molecule has 0 saturated carbocycles. The first-order valence-corrected chi connectivity index (χ1v) is 4.91. The van der Waals surface area contributed by atoms with Gasteiger partial charge in [0.05, 0.1) is 0 Å². The van der Waals surface area contributed by atoms with E-state index < -0.39 is 0 Å². The highest BCUT2D eigenvalue weighted by Crippen LogP contribution is 2.12.